The van der Waals surface area contributed by atoms with Crippen molar-refractivity contribution in [3.8, 4) is 0 Å². The lowest BCUT2D eigenvalue weighted by Gasteiger charge is -1.87. The van der Waals surface area contributed by atoms with Crippen molar-refractivity contribution in [2.75, 3.05) is 0 Å². The number of aromatic carboxylic acids is 1. The van der Waals surface area contributed by atoms with Gasteiger partial charge in [-0.2, -0.15) is 0 Å². The topological polar surface area (TPSA) is 114 Å². The second-order valence-corrected chi connectivity index (χ2v) is 1.89. The minimum Gasteiger partial charge on any atom is -0.478 e. The van der Waals surface area contributed by atoms with Crippen molar-refractivity contribution in [1.82, 2.24) is 4.98 Å². The molecule has 1 aromatic rings. The summed E-state index contributed by atoms with van der Waals surface area (Å²) in [6.07, 6.45) is 1.51. The maximum atomic E-state index is 10.2. The average Bonchev–Trinajstić information content (AvgIpc) is 2.05. The lowest BCUT2D eigenvalue weighted by atomic mass is 10.3. The lowest BCUT2D eigenvalue weighted by molar-refractivity contribution is 0.0696. The van der Waals surface area contributed by atoms with Gasteiger partial charge in [0.05, 0.1) is 5.56 Å². The van der Waals surface area contributed by atoms with E-state index in [1.54, 1.807) is 6.07 Å². The molecule has 4 N–H and O–H groups in total. The van der Waals surface area contributed by atoms with E-state index < -0.39 is 12.1 Å². The zero-order valence-electron chi connectivity index (χ0n) is 6.54. The standard InChI is InChI=1S/C6H5NO2.CH3NO2/c8-6(9)5-2-1-3-7-4-5;2-1(3)4/h1-4H,(H,8,9);2H2,(H,3,4). The van der Waals surface area contributed by atoms with E-state index >= 15 is 0 Å². The zero-order valence-corrected chi connectivity index (χ0v) is 6.54. The van der Waals surface area contributed by atoms with Gasteiger partial charge in [0.15, 0.2) is 0 Å². The molecule has 0 aliphatic rings. The summed E-state index contributed by atoms with van der Waals surface area (Å²) in [6.45, 7) is 0. The van der Waals surface area contributed by atoms with Crippen LogP contribution in [-0.4, -0.2) is 27.3 Å². The number of pyridine rings is 1. The van der Waals surface area contributed by atoms with E-state index in [4.69, 9.17) is 15.0 Å². The van der Waals surface area contributed by atoms with E-state index in [1.807, 2.05) is 0 Å². The number of rotatable bonds is 1. The predicted molar refractivity (Wildman–Crippen MR) is 43.4 cm³/mol. The van der Waals surface area contributed by atoms with Gasteiger partial charge < -0.3 is 15.9 Å². The summed E-state index contributed by atoms with van der Waals surface area (Å²) < 4.78 is 0. The number of hydrogen-bond acceptors (Lipinski definition) is 3. The first-order valence-electron chi connectivity index (χ1n) is 3.15. The molecule has 0 fully saturated rings. The van der Waals surface area contributed by atoms with Crippen LogP contribution in [0.1, 0.15) is 10.4 Å². The molecule has 0 radical (unpaired) electrons. The molecule has 6 heteroatoms. The first-order valence-corrected chi connectivity index (χ1v) is 3.15. The first kappa shape index (κ1) is 10.9. The minimum absolute atomic E-state index is 0.220. The molecule has 0 atom stereocenters. The summed E-state index contributed by atoms with van der Waals surface area (Å²) in [6, 6.07) is 3.08. The summed E-state index contributed by atoms with van der Waals surface area (Å²) in [5.41, 5.74) is 4.25. The van der Waals surface area contributed by atoms with Crippen LogP contribution < -0.4 is 5.73 Å². The number of carboxylic acids is 1. The summed E-state index contributed by atoms with van der Waals surface area (Å²) in [4.78, 5) is 22.6. The molecule has 6 nitrogen and oxygen atoms in total. The maximum absolute atomic E-state index is 10.2. The first-order chi connectivity index (χ1) is 6.04. The molecule has 13 heavy (non-hydrogen) atoms. The molecule has 0 spiro atoms. The van der Waals surface area contributed by atoms with Gasteiger partial charge in [-0.3, -0.25) is 4.98 Å². The highest BCUT2D eigenvalue weighted by Crippen LogP contribution is 1.92. The molecular weight excluding hydrogens is 176 g/mol. The SMILES string of the molecule is NC(=O)O.O=C(O)c1cccnc1. The number of nitrogens with two attached hydrogens (primary N) is 1. The fourth-order valence-electron chi connectivity index (χ4n) is 0.489. The highest BCUT2D eigenvalue weighted by Gasteiger charge is 1.97. The molecule has 0 unspecified atom stereocenters. The third-order valence-corrected chi connectivity index (χ3v) is 0.908. The van der Waals surface area contributed by atoms with Crippen LogP contribution in [0.4, 0.5) is 4.79 Å². The second-order valence-electron chi connectivity index (χ2n) is 1.89. The van der Waals surface area contributed by atoms with Gasteiger partial charge in [0.1, 0.15) is 0 Å². The van der Waals surface area contributed by atoms with E-state index in [-0.39, 0.29) is 5.56 Å². The lowest BCUT2D eigenvalue weighted by Crippen LogP contribution is -2.03. The van der Waals surface area contributed by atoms with Crippen LogP contribution in [0.25, 0.3) is 0 Å². The van der Waals surface area contributed by atoms with Gasteiger partial charge >= 0.3 is 12.1 Å². The fraction of sp³-hybridized carbons (Fsp3) is 0. The van der Waals surface area contributed by atoms with Crippen molar-refractivity contribution < 1.29 is 19.8 Å². The van der Waals surface area contributed by atoms with Gasteiger partial charge in [-0.25, -0.2) is 9.59 Å². The molecule has 0 bridgehead atoms. The van der Waals surface area contributed by atoms with Crippen molar-refractivity contribution in [2.24, 2.45) is 5.73 Å². The van der Waals surface area contributed by atoms with Crippen molar-refractivity contribution in [2.45, 2.75) is 0 Å². The minimum atomic E-state index is -1.33. The van der Waals surface area contributed by atoms with Crippen molar-refractivity contribution >= 4 is 12.1 Å². The summed E-state index contributed by atoms with van der Waals surface area (Å²) >= 11 is 0. The monoisotopic (exact) mass is 184 g/mol. The van der Waals surface area contributed by atoms with Crippen LogP contribution in [0.15, 0.2) is 24.5 Å². The Labute approximate surface area is 73.6 Å². The Hall–Kier alpha value is -2.11. The van der Waals surface area contributed by atoms with Gasteiger partial charge in [-0.1, -0.05) is 0 Å². The quantitative estimate of drug-likeness (QED) is 0.584. The Morgan fingerprint density at radius 3 is 2.15 bits per heavy atom. The molecule has 0 saturated heterocycles. The van der Waals surface area contributed by atoms with E-state index in [1.165, 1.54) is 18.5 Å². The van der Waals surface area contributed by atoms with Crippen LogP contribution in [0.3, 0.4) is 0 Å². The molecule has 1 aromatic heterocycles. The highest BCUT2D eigenvalue weighted by atomic mass is 16.4. The van der Waals surface area contributed by atoms with Crippen LogP contribution in [-0.2, 0) is 0 Å². The Balaban J connectivity index is 0.000000310. The number of hydrogen-bond donors (Lipinski definition) is 3. The summed E-state index contributed by atoms with van der Waals surface area (Å²) in [5, 5.41) is 15.5. The van der Waals surface area contributed by atoms with Crippen LogP contribution >= 0.6 is 0 Å². The number of nitrogens with zero attached hydrogens (tertiary/aromatic N) is 1. The molecule has 0 aliphatic heterocycles. The number of amides is 1. The summed E-state index contributed by atoms with van der Waals surface area (Å²) in [5.74, 6) is -0.942. The number of aromatic nitrogens is 1. The Morgan fingerprint density at radius 2 is 1.92 bits per heavy atom. The highest BCUT2D eigenvalue weighted by molar-refractivity contribution is 5.86. The van der Waals surface area contributed by atoms with Crippen molar-refractivity contribution in [3.63, 3.8) is 0 Å². The van der Waals surface area contributed by atoms with Gasteiger partial charge in [0.25, 0.3) is 0 Å². The van der Waals surface area contributed by atoms with E-state index in [9.17, 15) is 4.79 Å². The third-order valence-electron chi connectivity index (χ3n) is 0.908. The Kier molecular flexibility index (Phi) is 4.63. The smallest absolute Gasteiger partial charge is 0.402 e. The number of carboxylic acid groups (broad SMARTS) is 2. The maximum Gasteiger partial charge on any atom is 0.402 e. The zero-order chi connectivity index (χ0) is 10.3. The molecule has 1 heterocycles. The molecule has 70 valence electrons. The fourth-order valence-corrected chi connectivity index (χ4v) is 0.489. The van der Waals surface area contributed by atoms with Gasteiger partial charge in [-0.15, -0.1) is 0 Å². The second kappa shape index (κ2) is 5.53. The van der Waals surface area contributed by atoms with Crippen LogP contribution in [0.2, 0.25) is 0 Å². The van der Waals surface area contributed by atoms with E-state index in [2.05, 4.69) is 10.7 Å². The van der Waals surface area contributed by atoms with Crippen LogP contribution in [0.5, 0.6) is 0 Å². The van der Waals surface area contributed by atoms with Gasteiger partial charge in [0.2, 0.25) is 0 Å². The van der Waals surface area contributed by atoms with Gasteiger partial charge in [-0.05, 0) is 12.1 Å². The molecular formula is C7H8N2O4. The van der Waals surface area contributed by atoms with Crippen LogP contribution in [0, 0.1) is 0 Å². The van der Waals surface area contributed by atoms with Crippen molar-refractivity contribution in [3.05, 3.63) is 30.1 Å². The Morgan fingerprint density at radius 1 is 1.38 bits per heavy atom. The molecule has 1 rings (SSSR count). The van der Waals surface area contributed by atoms with Gasteiger partial charge in [0, 0.05) is 12.4 Å². The normalized spacial score (nSPS) is 8.00. The number of primary amides is 1. The largest absolute Gasteiger partial charge is 0.478 e. The molecule has 0 aromatic carbocycles. The molecule has 0 saturated carbocycles. The molecule has 1 amide bonds. The average molecular weight is 184 g/mol. The third kappa shape index (κ3) is 6.29. The van der Waals surface area contributed by atoms with E-state index in [0.717, 1.165) is 0 Å². The Bertz CT molecular complexity index is 282. The van der Waals surface area contributed by atoms with E-state index in [0.29, 0.717) is 0 Å². The molecule has 0 aliphatic carbocycles. The van der Waals surface area contributed by atoms with Crippen molar-refractivity contribution in [1.29, 1.82) is 0 Å². The number of carbonyl (C=O) groups is 2. The summed E-state index contributed by atoms with van der Waals surface area (Å²) in [7, 11) is 0. The predicted octanol–water partition coefficient (Wildman–Crippen LogP) is 0.403.